The largest absolute Gasteiger partial charge is 0.469 e. The number of fused-ring (bicyclic) bond motifs is 1. The fourth-order valence-electron chi connectivity index (χ4n) is 5.07. The second kappa shape index (κ2) is 6.92. The van der Waals surface area contributed by atoms with Gasteiger partial charge in [0.05, 0.1) is 29.3 Å². The second-order valence-electron chi connectivity index (χ2n) is 9.01. The number of anilines is 1. The van der Waals surface area contributed by atoms with E-state index in [9.17, 15) is 26.4 Å². The van der Waals surface area contributed by atoms with Gasteiger partial charge in [-0.05, 0) is 43.9 Å². The number of methoxy groups -OCH3 is 1. The number of aryl methyl sites for hydroxylation is 1. The van der Waals surface area contributed by atoms with Gasteiger partial charge in [-0.3, -0.25) is 9.20 Å². The van der Waals surface area contributed by atoms with E-state index in [1.165, 1.54) is 25.4 Å². The van der Waals surface area contributed by atoms with Crippen molar-refractivity contribution in [3.05, 3.63) is 41.9 Å². The van der Waals surface area contributed by atoms with Gasteiger partial charge in [0.1, 0.15) is 0 Å². The molecule has 2 heterocycles. The van der Waals surface area contributed by atoms with Crippen LogP contribution in [0.5, 0.6) is 0 Å². The number of alkyl halides is 3. The number of nitrogen functional groups attached to an aromatic ring is 1. The normalized spacial score (nSPS) is 23.9. The number of rotatable bonds is 5. The number of ether oxygens (including phenoxy) is 1. The molecule has 0 saturated heterocycles. The summed E-state index contributed by atoms with van der Waals surface area (Å²) in [6.45, 7) is 1.70. The lowest BCUT2D eigenvalue weighted by atomic mass is 9.40. The lowest BCUT2D eigenvalue weighted by Crippen LogP contribution is -2.77. The number of carbonyl (C=O) groups is 1. The molecular formula is C21H20F3N5O4S. The molecular weight excluding hydrogens is 475 g/mol. The Morgan fingerprint density at radius 3 is 2.56 bits per heavy atom. The van der Waals surface area contributed by atoms with Gasteiger partial charge in [-0.25, -0.2) is 23.1 Å². The van der Waals surface area contributed by atoms with E-state index in [4.69, 9.17) is 10.5 Å². The van der Waals surface area contributed by atoms with Crippen molar-refractivity contribution in [3.63, 3.8) is 0 Å². The van der Waals surface area contributed by atoms with E-state index >= 15 is 0 Å². The number of benzene rings is 1. The number of nitrogens with two attached hydrogens (primary N) is 1. The minimum Gasteiger partial charge on any atom is -0.469 e. The number of hydrogen-bond acceptors (Lipinski definition) is 7. The standard InChI is InChI=1S/C21H20F3N5O4S/c1-11-3-4-12(34(31,32)28-20-8-19(9-20,10-20)18(30)33-2)5-13(11)14-6-26-17-16(25)27-15(7-29(14)17)21(22,23)24/h3-7,28H,8-10H2,1-2H3,(H2,25,27). The molecule has 2 aromatic heterocycles. The van der Waals surface area contributed by atoms with Crippen LogP contribution < -0.4 is 10.5 Å². The van der Waals surface area contributed by atoms with E-state index in [2.05, 4.69) is 14.7 Å². The molecule has 6 rings (SSSR count). The Hall–Kier alpha value is -3.19. The van der Waals surface area contributed by atoms with Crippen molar-refractivity contribution in [1.29, 1.82) is 0 Å². The molecule has 0 atom stereocenters. The van der Waals surface area contributed by atoms with Gasteiger partial charge in [-0.15, -0.1) is 0 Å². The van der Waals surface area contributed by atoms with Crippen LogP contribution in [-0.4, -0.2) is 41.4 Å². The molecule has 13 heteroatoms. The Balaban J connectivity index is 1.50. The van der Waals surface area contributed by atoms with E-state index in [1.807, 2.05) is 0 Å². The molecule has 3 N–H and O–H groups in total. The molecule has 0 spiro atoms. The predicted molar refractivity (Wildman–Crippen MR) is 114 cm³/mol. The number of aromatic nitrogens is 3. The van der Waals surface area contributed by atoms with Crippen LogP contribution in [0.15, 0.2) is 35.5 Å². The zero-order valence-corrected chi connectivity index (χ0v) is 18.9. The van der Waals surface area contributed by atoms with Crippen molar-refractivity contribution in [2.24, 2.45) is 5.41 Å². The Labute approximate surface area is 192 Å². The molecule has 0 amide bonds. The van der Waals surface area contributed by atoms with Crippen molar-refractivity contribution in [3.8, 4) is 11.3 Å². The van der Waals surface area contributed by atoms with Gasteiger partial charge in [-0.2, -0.15) is 13.2 Å². The fraction of sp³-hybridized carbons (Fsp3) is 0.381. The summed E-state index contributed by atoms with van der Waals surface area (Å²) in [6, 6.07) is 4.37. The lowest BCUT2D eigenvalue weighted by molar-refractivity contribution is -0.197. The number of sulfonamides is 1. The van der Waals surface area contributed by atoms with Crippen molar-refractivity contribution >= 4 is 27.5 Å². The highest BCUT2D eigenvalue weighted by Crippen LogP contribution is 2.68. The maximum atomic E-state index is 13.3. The van der Waals surface area contributed by atoms with Crippen molar-refractivity contribution in [2.45, 2.75) is 42.8 Å². The van der Waals surface area contributed by atoms with Crippen LogP contribution in [-0.2, 0) is 25.7 Å². The molecule has 3 saturated carbocycles. The van der Waals surface area contributed by atoms with E-state index < -0.39 is 38.7 Å². The quantitative estimate of drug-likeness (QED) is 0.521. The van der Waals surface area contributed by atoms with Crippen LogP contribution in [0.3, 0.4) is 0 Å². The number of halogens is 3. The highest BCUT2D eigenvalue weighted by Gasteiger charge is 2.73. The molecule has 2 bridgehead atoms. The van der Waals surface area contributed by atoms with E-state index in [-0.39, 0.29) is 22.2 Å². The van der Waals surface area contributed by atoms with Crippen LogP contribution >= 0.6 is 0 Å². The van der Waals surface area contributed by atoms with E-state index in [1.54, 1.807) is 13.0 Å². The van der Waals surface area contributed by atoms with Crippen molar-refractivity contribution in [2.75, 3.05) is 12.8 Å². The maximum Gasteiger partial charge on any atom is 0.434 e. The first-order chi connectivity index (χ1) is 15.8. The summed E-state index contributed by atoms with van der Waals surface area (Å²) in [4.78, 5) is 19.3. The van der Waals surface area contributed by atoms with Gasteiger partial charge in [0.15, 0.2) is 17.2 Å². The minimum absolute atomic E-state index is 0.0239. The molecule has 3 aliphatic rings. The second-order valence-corrected chi connectivity index (χ2v) is 10.7. The number of nitrogens with one attached hydrogen (secondary N) is 1. The molecule has 34 heavy (non-hydrogen) atoms. The average molecular weight is 495 g/mol. The molecule has 180 valence electrons. The maximum absolute atomic E-state index is 13.3. The molecule has 3 aromatic rings. The first-order valence-corrected chi connectivity index (χ1v) is 11.7. The first kappa shape index (κ1) is 22.6. The molecule has 9 nitrogen and oxygen atoms in total. The Morgan fingerprint density at radius 2 is 1.94 bits per heavy atom. The summed E-state index contributed by atoms with van der Waals surface area (Å²) >= 11 is 0. The summed E-state index contributed by atoms with van der Waals surface area (Å²) in [5, 5.41) is 0. The van der Waals surface area contributed by atoms with Gasteiger partial charge < -0.3 is 10.5 Å². The molecule has 1 aromatic carbocycles. The van der Waals surface area contributed by atoms with Crippen LogP contribution in [0.2, 0.25) is 0 Å². The van der Waals surface area contributed by atoms with Crippen molar-refractivity contribution < 1.29 is 31.1 Å². The summed E-state index contributed by atoms with van der Waals surface area (Å²) in [5.41, 5.74) is 4.45. The Morgan fingerprint density at radius 1 is 1.26 bits per heavy atom. The van der Waals surface area contributed by atoms with Crippen LogP contribution in [0.1, 0.15) is 30.5 Å². The van der Waals surface area contributed by atoms with Crippen LogP contribution in [0.4, 0.5) is 19.0 Å². The predicted octanol–water partition coefficient (Wildman–Crippen LogP) is 2.68. The van der Waals surface area contributed by atoms with Gasteiger partial charge in [0, 0.05) is 17.3 Å². The summed E-state index contributed by atoms with van der Waals surface area (Å²) in [5.74, 6) is -0.738. The number of nitrogens with zero attached hydrogens (tertiary/aromatic N) is 3. The van der Waals surface area contributed by atoms with E-state index in [0.29, 0.717) is 30.4 Å². The summed E-state index contributed by atoms with van der Waals surface area (Å²) in [6.07, 6.45) is -1.53. The molecule has 3 fully saturated rings. The first-order valence-electron chi connectivity index (χ1n) is 10.2. The number of esters is 1. The highest BCUT2D eigenvalue weighted by molar-refractivity contribution is 7.89. The zero-order valence-electron chi connectivity index (χ0n) is 18.1. The molecule has 0 unspecified atom stereocenters. The van der Waals surface area contributed by atoms with Gasteiger partial charge in [0.25, 0.3) is 0 Å². The smallest absolute Gasteiger partial charge is 0.434 e. The Kier molecular flexibility index (Phi) is 4.60. The topological polar surface area (TPSA) is 129 Å². The molecule has 0 radical (unpaired) electrons. The third-order valence-electron chi connectivity index (χ3n) is 6.60. The molecule has 0 aliphatic heterocycles. The summed E-state index contributed by atoms with van der Waals surface area (Å²) < 4.78 is 74.7. The van der Waals surface area contributed by atoms with Gasteiger partial charge >= 0.3 is 12.1 Å². The lowest BCUT2D eigenvalue weighted by Gasteiger charge is -2.68. The molecule has 3 aliphatic carbocycles. The van der Waals surface area contributed by atoms with Gasteiger partial charge in [0.2, 0.25) is 10.0 Å². The minimum atomic E-state index is -4.72. The Bertz CT molecular complexity index is 1450. The van der Waals surface area contributed by atoms with Gasteiger partial charge in [-0.1, -0.05) is 6.07 Å². The zero-order chi connectivity index (χ0) is 24.7. The van der Waals surface area contributed by atoms with E-state index in [0.717, 1.165) is 10.6 Å². The van der Waals surface area contributed by atoms with Crippen molar-refractivity contribution in [1.82, 2.24) is 19.1 Å². The monoisotopic (exact) mass is 495 g/mol. The third-order valence-corrected chi connectivity index (χ3v) is 8.18. The fourth-order valence-corrected chi connectivity index (χ4v) is 6.49. The summed E-state index contributed by atoms with van der Waals surface area (Å²) in [7, 11) is -2.67. The SMILES string of the molecule is COC(=O)C12CC(NS(=O)(=O)c3ccc(C)c(-c4cnc5c(N)nc(C(F)(F)F)cn45)c3)(C1)C2. The van der Waals surface area contributed by atoms with Crippen LogP contribution in [0.25, 0.3) is 16.9 Å². The average Bonchev–Trinajstić information content (AvgIpc) is 3.13. The number of imidazole rings is 1. The highest BCUT2D eigenvalue weighted by atomic mass is 32.2. The van der Waals surface area contributed by atoms with Crippen LogP contribution in [0, 0.1) is 12.3 Å². The third kappa shape index (κ3) is 3.25. The number of hydrogen-bond donors (Lipinski definition) is 2. The number of carbonyl (C=O) groups excluding carboxylic acids is 1.